The topological polar surface area (TPSA) is 61.4 Å². The molecule has 4 heteroatoms. The van der Waals surface area contributed by atoms with Gasteiger partial charge in [0.2, 0.25) is 5.91 Å². The fraction of sp³-hybridized carbons (Fsp3) is 0.533. The molecule has 0 radical (unpaired) electrons. The van der Waals surface area contributed by atoms with E-state index >= 15 is 0 Å². The summed E-state index contributed by atoms with van der Waals surface area (Å²) in [4.78, 5) is 11.8. The number of nitrogens with one attached hydrogen (secondary N) is 2. The number of hydrogen-bond acceptors (Lipinski definition) is 3. The molecule has 1 amide bonds. The SMILES string of the molecule is CC(C)(C)NCCC(=O)NC(CO)c1ccccc1. The normalized spacial score (nSPS) is 13.1. The minimum Gasteiger partial charge on any atom is -0.394 e. The van der Waals surface area contributed by atoms with Crippen LogP contribution < -0.4 is 10.6 Å². The molecule has 1 rings (SSSR count). The molecule has 1 unspecified atom stereocenters. The average Bonchev–Trinajstić information content (AvgIpc) is 2.35. The van der Waals surface area contributed by atoms with E-state index in [1.807, 2.05) is 30.3 Å². The molecule has 0 aromatic heterocycles. The lowest BCUT2D eigenvalue weighted by atomic mass is 10.1. The van der Waals surface area contributed by atoms with Crippen molar-refractivity contribution in [3.63, 3.8) is 0 Å². The molecule has 0 spiro atoms. The first-order valence-electron chi connectivity index (χ1n) is 6.62. The molecule has 1 aromatic carbocycles. The first kappa shape index (κ1) is 15.7. The van der Waals surface area contributed by atoms with Gasteiger partial charge in [-0.2, -0.15) is 0 Å². The molecule has 0 aliphatic heterocycles. The fourth-order valence-electron chi connectivity index (χ4n) is 1.74. The molecule has 0 aliphatic rings. The van der Waals surface area contributed by atoms with E-state index in [2.05, 4.69) is 31.4 Å². The Bertz CT molecular complexity index is 385. The second-order valence-corrected chi connectivity index (χ2v) is 5.64. The van der Waals surface area contributed by atoms with Crippen molar-refractivity contribution >= 4 is 5.91 Å². The number of benzene rings is 1. The molecule has 0 heterocycles. The molecule has 4 nitrogen and oxygen atoms in total. The van der Waals surface area contributed by atoms with E-state index in [1.165, 1.54) is 0 Å². The first-order valence-corrected chi connectivity index (χ1v) is 6.62. The van der Waals surface area contributed by atoms with Crippen LogP contribution in [0.2, 0.25) is 0 Å². The van der Waals surface area contributed by atoms with E-state index < -0.39 is 0 Å². The van der Waals surface area contributed by atoms with Crippen LogP contribution in [0.5, 0.6) is 0 Å². The third kappa shape index (κ3) is 6.36. The summed E-state index contributed by atoms with van der Waals surface area (Å²) < 4.78 is 0. The zero-order chi connectivity index (χ0) is 14.3. The van der Waals surface area contributed by atoms with Gasteiger partial charge in [0, 0.05) is 18.5 Å². The van der Waals surface area contributed by atoms with Gasteiger partial charge in [-0.05, 0) is 26.3 Å². The van der Waals surface area contributed by atoms with Gasteiger partial charge in [-0.3, -0.25) is 4.79 Å². The third-order valence-electron chi connectivity index (χ3n) is 2.73. The molecule has 1 aromatic rings. The third-order valence-corrected chi connectivity index (χ3v) is 2.73. The minimum absolute atomic E-state index is 0.0100. The standard InChI is InChI=1S/C15H24N2O2/c1-15(2,3)16-10-9-14(19)17-13(11-18)12-7-5-4-6-8-12/h4-8,13,16,18H,9-11H2,1-3H3,(H,17,19). The summed E-state index contributed by atoms with van der Waals surface area (Å²) in [7, 11) is 0. The van der Waals surface area contributed by atoms with Gasteiger partial charge in [0.25, 0.3) is 0 Å². The largest absolute Gasteiger partial charge is 0.394 e. The molecule has 1 atom stereocenters. The maximum Gasteiger partial charge on any atom is 0.221 e. The van der Waals surface area contributed by atoms with Gasteiger partial charge in [0.1, 0.15) is 0 Å². The Morgan fingerprint density at radius 3 is 2.42 bits per heavy atom. The van der Waals surface area contributed by atoms with Crippen molar-refractivity contribution in [2.75, 3.05) is 13.2 Å². The number of amides is 1. The quantitative estimate of drug-likeness (QED) is 0.731. The summed E-state index contributed by atoms with van der Waals surface area (Å²) in [6.07, 6.45) is 0.403. The number of rotatable bonds is 6. The second-order valence-electron chi connectivity index (χ2n) is 5.64. The molecule has 0 bridgehead atoms. The highest BCUT2D eigenvalue weighted by Crippen LogP contribution is 2.11. The van der Waals surface area contributed by atoms with Gasteiger partial charge in [0.15, 0.2) is 0 Å². The molecule has 19 heavy (non-hydrogen) atoms. The van der Waals surface area contributed by atoms with Crippen molar-refractivity contribution < 1.29 is 9.90 Å². The Labute approximate surface area is 115 Å². The lowest BCUT2D eigenvalue weighted by Gasteiger charge is -2.21. The van der Waals surface area contributed by atoms with Gasteiger partial charge in [-0.1, -0.05) is 30.3 Å². The van der Waals surface area contributed by atoms with E-state index in [4.69, 9.17) is 0 Å². The van der Waals surface area contributed by atoms with Gasteiger partial charge < -0.3 is 15.7 Å². The van der Waals surface area contributed by atoms with Gasteiger partial charge in [-0.15, -0.1) is 0 Å². The van der Waals surface area contributed by atoms with Crippen LogP contribution >= 0.6 is 0 Å². The van der Waals surface area contributed by atoms with Gasteiger partial charge in [-0.25, -0.2) is 0 Å². The smallest absolute Gasteiger partial charge is 0.221 e. The number of hydrogen-bond donors (Lipinski definition) is 3. The van der Waals surface area contributed by atoms with Crippen molar-refractivity contribution in [3.05, 3.63) is 35.9 Å². The van der Waals surface area contributed by atoms with Crippen LogP contribution in [-0.4, -0.2) is 29.7 Å². The number of carbonyl (C=O) groups excluding carboxylic acids is 1. The fourth-order valence-corrected chi connectivity index (χ4v) is 1.74. The molecule has 0 aliphatic carbocycles. The predicted octanol–water partition coefficient (Wildman–Crippen LogP) is 1.61. The average molecular weight is 264 g/mol. The van der Waals surface area contributed by atoms with Crippen LogP contribution in [0.4, 0.5) is 0 Å². The van der Waals surface area contributed by atoms with Crippen LogP contribution in [0, 0.1) is 0 Å². The predicted molar refractivity (Wildman–Crippen MR) is 76.8 cm³/mol. The van der Waals surface area contributed by atoms with E-state index in [1.54, 1.807) is 0 Å². The lowest BCUT2D eigenvalue weighted by molar-refractivity contribution is -0.122. The van der Waals surface area contributed by atoms with Crippen molar-refractivity contribution in [2.24, 2.45) is 0 Å². The molecule has 106 valence electrons. The summed E-state index contributed by atoms with van der Waals surface area (Å²) >= 11 is 0. The summed E-state index contributed by atoms with van der Waals surface area (Å²) in [5, 5.41) is 15.5. The Morgan fingerprint density at radius 2 is 1.89 bits per heavy atom. The monoisotopic (exact) mass is 264 g/mol. The number of aliphatic hydroxyl groups is 1. The molecule has 0 saturated carbocycles. The molecular formula is C15H24N2O2. The first-order chi connectivity index (χ1) is 8.92. The van der Waals surface area contributed by atoms with Crippen LogP contribution in [0.1, 0.15) is 38.8 Å². The second kappa shape index (κ2) is 7.26. The summed E-state index contributed by atoms with van der Waals surface area (Å²) in [5.74, 6) is -0.0559. The molecular weight excluding hydrogens is 240 g/mol. The maximum absolute atomic E-state index is 11.8. The Balaban J connectivity index is 2.42. The van der Waals surface area contributed by atoms with Crippen LogP contribution in [0.3, 0.4) is 0 Å². The Kier molecular flexibility index (Phi) is 5.99. The minimum atomic E-state index is -0.330. The highest BCUT2D eigenvalue weighted by Gasteiger charge is 2.14. The molecule has 3 N–H and O–H groups in total. The summed E-state index contributed by atoms with van der Waals surface area (Å²) in [6.45, 7) is 6.72. The highest BCUT2D eigenvalue weighted by atomic mass is 16.3. The van der Waals surface area contributed by atoms with E-state index in [0.717, 1.165) is 5.56 Å². The number of aliphatic hydroxyl groups excluding tert-OH is 1. The summed E-state index contributed by atoms with van der Waals surface area (Å²) in [6, 6.07) is 9.16. The molecule has 0 fully saturated rings. The maximum atomic E-state index is 11.8. The van der Waals surface area contributed by atoms with Crippen LogP contribution in [-0.2, 0) is 4.79 Å². The van der Waals surface area contributed by atoms with Crippen molar-refractivity contribution in [1.82, 2.24) is 10.6 Å². The van der Waals surface area contributed by atoms with Crippen LogP contribution in [0.15, 0.2) is 30.3 Å². The zero-order valence-electron chi connectivity index (χ0n) is 11.9. The van der Waals surface area contributed by atoms with E-state index in [-0.39, 0.29) is 24.1 Å². The highest BCUT2D eigenvalue weighted by molar-refractivity contribution is 5.76. The van der Waals surface area contributed by atoms with E-state index in [9.17, 15) is 9.90 Å². The van der Waals surface area contributed by atoms with E-state index in [0.29, 0.717) is 13.0 Å². The van der Waals surface area contributed by atoms with Gasteiger partial charge in [0.05, 0.1) is 12.6 Å². The number of carbonyl (C=O) groups is 1. The van der Waals surface area contributed by atoms with Crippen molar-refractivity contribution in [1.29, 1.82) is 0 Å². The van der Waals surface area contributed by atoms with Crippen molar-refractivity contribution in [3.8, 4) is 0 Å². The van der Waals surface area contributed by atoms with Crippen molar-refractivity contribution in [2.45, 2.75) is 38.8 Å². The Morgan fingerprint density at radius 1 is 1.26 bits per heavy atom. The zero-order valence-corrected chi connectivity index (χ0v) is 11.9. The summed E-state index contributed by atoms with van der Waals surface area (Å²) in [5.41, 5.74) is 0.929. The Hall–Kier alpha value is -1.39. The lowest BCUT2D eigenvalue weighted by Crippen LogP contribution is -2.39. The van der Waals surface area contributed by atoms with Gasteiger partial charge >= 0.3 is 0 Å². The molecule has 0 saturated heterocycles. The van der Waals surface area contributed by atoms with Crippen LogP contribution in [0.25, 0.3) is 0 Å².